The number of benzene rings is 1. The molecule has 0 aliphatic carbocycles. The first-order valence-electron chi connectivity index (χ1n) is 4.29. The van der Waals surface area contributed by atoms with Crippen molar-refractivity contribution in [2.24, 2.45) is 0 Å². The highest BCUT2D eigenvalue weighted by molar-refractivity contribution is 7.10. The van der Waals surface area contributed by atoms with Crippen molar-refractivity contribution < 1.29 is 0 Å². The summed E-state index contributed by atoms with van der Waals surface area (Å²) in [5.74, 6) is 0. The Bertz CT molecular complexity index is 357. The topological polar surface area (TPSA) is 0 Å². The zero-order chi connectivity index (χ0) is 9.10. The van der Waals surface area contributed by atoms with Crippen molar-refractivity contribution in [1.29, 1.82) is 0 Å². The number of hydrogen-bond donors (Lipinski definition) is 0. The molecular formula is C12H11S. The van der Waals surface area contributed by atoms with Gasteiger partial charge in [-0.1, -0.05) is 35.9 Å². The summed E-state index contributed by atoms with van der Waals surface area (Å²) in [5.41, 5.74) is 2.58. The molecule has 1 heterocycles. The molecule has 13 heavy (non-hydrogen) atoms. The van der Waals surface area contributed by atoms with E-state index in [0.29, 0.717) is 0 Å². The summed E-state index contributed by atoms with van der Waals surface area (Å²) in [7, 11) is 0. The van der Waals surface area contributed by atoms with E-state index in [9.17, 15) is 0 Å². The number of hydrogen-bond acceptors (Lipinski definition) is 1. The van der Waals surface area contributed by atoms with E-state index in [1.165, 1.54) is 16.0 Å². The summed E-state index contributed by atoms with van der Waals surface area (Å²) in [4.78, 5) is 1.31. The van der Waals surface area contributed by atoms with Gasteiger partial charge in [-0.3, -0.25) is 0 Å². The third-order valence-electron chi connectivity index (χ3n) is 1.93. The average Bonchev–Trinajstić information content (AvgIpc) is 2.62. The van der Waals surface area contributed by atoms with Gasteiger partial charge in [-0.2, -0.15) is 0 Å². The normalized spacial score (nSPS) is 10.2. The molecule has 2 aromatic rings. The first-order chi connectivity index (χ1) is 6.34. The van der Waals surface area contributed by atoms with Gasteiger partial charge in [0.2, 0.25) is 0 Å². The lowest BCUT2D eigenvalue weighted by Crippen LogP contribution is -1.80. The van der Waals surface area contributed by atoms with Crippen molar-refractivity contribution in [2.75, 3.05) is 0 Å². The van der Waals surface area contributed by atoms with Gasteiger partial charge in [0.25, 0.3) is 0 Å². The fourth-order valence-corrected chi connectivity index (χ4v) is 1.88. The first kappa shape index (κ1) is 8.52. The highest BCUT2D eigenvalue weighted by Gasteiger charge is 1.96. The van der Waals surface area contributed by atoms with E-state index in [1.807, 2.05) is 0 Å². The van der Waals surface area contributed by atoms with Crippen LogP contribution in [0.25, 0.3) is 0 Å². The van der Waals surface area contributed by atoms with Gasteiger partial charge in [-0.15, -0.1) is 11.3 Å². The van der Waals surface area contributed by atoms with Crippen molar-refractivity contribution in [1.82, 2.24) is 0 Å². The lowest BCUT2D eigenvalue weighted by atomic mass is 10.1. The Morgan fingerprint density at radius 2 is 1.85 bits per heavy atom. The largest absolute Gasteiger partial charge is 0.148 e. The predicted molar refractivity (Wildman–Crippen MR) is 58.0 cm³/mol. The SMILES string of the molecule is Cc1ccc([CH]c2cccs2)cc1. The predicted octanol–water partition coefficient (Wildman–Crippen LogP) is 3.66. The lowest BCUT2D eigenvalue weighted by molar-refractivity contribution is 1.42. The molecule has 1 radical (unpaired) electrons. The minimum absolute atomic E-state index is 1.27. The van der Waals surface area contributed by atoms with Crippen molar-refractivity contribution in [2.45, 2.75) is 6.92 Å². The molecule has 0 N–H and O–H groups in total. The van der Waals surface area contributed by atoms with Gasteiger partial charge in [-0.25, -0.2) is 0 Å². The number of aryl methyl sites for hydroxylation is 1. The molecular weight excluding hydrogens is 176 g/mol. The van der Waals surface area contributed by atoms with Crippen molar-refractivity contribution in [3.8, 4) is 0 Å². The van der Waals surface area contributed by atoms with Crippen molar-refractivity contribution in [3.63, 3.8) is 0 Å². The van der Waals surface area contributed by atoms with Gasteiger partial charge in [0.15, 0.2) is 0 Å². The fourth-order valence-electron chi connectivity index (χ4n) is 1.20. The maximum Gasteiger partial charge on any atom is 0.0301 e. The van der Waals surface area contributed by atoms with Crippen LogP contribution in [0.2, 0.25) is 0 Å². The molecule has 65 valence electrons. The molecule has 0 aliphatic heterocycles. The van der Waals surface area contributed by atoms with Crippen molar-refractivity contribution >= 4 is 11.3 Å². The van der Waals surface area contributed by atoms with E-state index in [-0.39, 0.29) is 0 Å². The summed E-state index contributed by atoms with van der Waals surface area (Å²) in [6.45, 7) is 2.11. The smallest absolute Gasteiger partial charge is 0.0301 e. The van der Waals surface area contributed by atoms with Crippen LogP contribution in [0, 0.1) is 13.3 Å². The summed E-state index contributed by atoms with van der Waals surface area (Å²) in [6.07, 6.45) is 2.20. The molecule has 1 aromatic carbocycles. The summed E-state index contributed by atoms with van der Waals surface area (Å²) in [5, 5.41) is 2.10. The third kappa shape index (κ3) is 2.19. The van der Waals surface area contributed by atoms with Gasteiger partial charge in [0, 0.05) is 11.3 Å². The summed E-state index contributed by atoms with van der Waals surface area (Å²) in [6, 6.07) is 12.8. The monoisotopic (exact) mass is 187 g/mol. The second kappa shape index (κ2) is 3.75. The van der Waals surface area contributed by atoms with Crippen molar-refractivity contribution in [3.05, 3.63) is 64.2 Å². The quantitative estimate of drug-likeness (QED) is 0.673. The van der Waals surface area contributed by atoms with E-state index >= 15 is 0 Å². The maximum absolute atomic E-state index is 2.20. The molecule has 1 aromatic heterocycles. The minimum atomic E-state index is 1.27. The maximum atomic E-state index is 2.20. The Balaban J connectivity index is 2.15. The molecule has 0 spiro atoms. The Labute approximate surface area is 82.9 Å². The van der Waals surface area contributed by atoms with Gasteiger partial charge in [0.05, 0.1) is 0 Å². The summed E-state index contributed by atoms with van der Waals surface area (Å²) < 4.78 is 0. The minimum Gasteiger partial charge on any atom is -0.148 e. The molecule has 0 saturated carbocycles. The molecule has 0 nitrogen and oxygen atoms in total. The number of thiophene rings is 1. The second-order valence-electron chi connectivity index (χ2n) is 3.07. The van der Waals surface area contributed by atoms with Gasteiger partial charge >= 0.3 is 0 Å². The average molecular weight is 187 g/mol. The molecule has 0 unspecified atom stereocenters. The van der Waals surface area contributed by atoms with Crippen LogP contribution >= 0.6 is 11.3 Å². The highest BCUT2D eigenvalue weighted by atomic mass is 32.1. The van der Waals surface area contributed by atoms with Crippen LogP contribution < -0.4 is 0 Å². The molecule has 0 amide bonds. The molecule has 0 saturated heterocycles. The molecule has 1 heteroatoms. The van der Waals surface area contributed by atoms with Crippen LogP contribution in [0.3, 0.4) is 0 Å². The fraction of sp³-hybridized carbons (Fsp3) is 0.0833. The Morgan fingerprint density at radius 3 is 2.46 bits per heavy atom. The Morgan fingerprint density at radius 1 is 1.08 bits per heavy atom. The van der Waals surface area contributed by atoms with Crippen LogP contribution in [-0.4, -0.2) is 0 Å². The summed E-state index contributed by atoms with van der Waals surface area (Å²) >= 11 is 1.77. The van der Waals surface area contributed by atoms with E-state index in [4.69, 9.17) is 0 Å². The van der Waals surface area contributed by atoms with Crippen LogP contribution in [0.4, 0.5) is 0 Å². The van der Waals surface area contributed by atoms with E-state index in [2.05, 4.69) is 55.1 Å². The third-order valence-corrected chi connectivity index (χ3v) is 2.75. The number of rotatable bonds is 2. The van der Waals surface area contributed by atoms with Gasteiger partial charge in [-0.05, 0) is 23.9 Å². The Kier molecular flexibility index (Phi) is 2.46. The standard InChI is InChI=1S/C12H11S/c1-10-4-6-11(7-5-10)9-12-3-2-8-13-12/h2-9H,1H3. The molecule has 2 rings (SSSR count). The van der Waals surface area contributed by atoms with Crippen LogP contribution in [0.1, 0.15) is 16.0 Å². The van der Waals surface area contributed by atoms with Gasteiger partial charge < -0.3 is 0 Å². The molecule has 0 atom stereocenters. The Hall–Kier alpha value is -1.08. The first-order valence-corrected chi connectivity index (χ1v) is 5.17. The second-order valence-corrected chi connectivity index (χ2v) is 4.05. The highest BCUT2D eigenvalue weighted by Crippen LogP contribution is 2.16. The zero-order valence-electron chi connectivity index (χ0n) is 7.53. The molecule has 0 aliphatic rings. The molecule has 0 bridgehead atoms. The van der Waals surface area contributed by atoms with Crippen LogP contribution in [0.15, 0.2) is 41.8 Å². The van der Waals surface area contributed by atoms with E-state index < -0.39 is 0 Å². The van der Waals surface area contributed by atoms with E-state index in [0.717, 1.165) is 0 Å². The molecule has 0 fully saturated rings. The zero-order valence-corrected chi connectivity index (χ0v) is 8.34. The van der Waals surface area contributed by atoms with Gasteiger partial charge in [0.1, 0.15) is 0 Å². The van der Waals surface area contributed by atoms with E-state index in [1.54, 1.807) is 11.3 Å². The lowest BCUT2D eigenvalue weighted by Gasteiger charge is -1.98. The van der Waals surface area contributed by atoms with Crippen LogP contribution in [0.5, 0.6) is 0 Å². The van der Waals surface area contributed by atoms with Crippen LogP contribution in [-0.2, 0) is 0 Å².